The van der Waals surface area contributed by atoms with E-state index in [2.05, 4.69) is 4.98 Å². The van der Waals surface area contributed by atoms with Crippen LogP contribution in [0.25, 0.3) is 0 Å². The van der Waals surface area contributed by atoms with Gasteiger partial charge in [0.2, 0.25) is 5.95 Å². The molecule has 0 spiro atoms. The first kappa shape index (κ1) is 13.7. The standard InChI is InChI=1S/C18H13F2N3/c19-15-11-16(20)21-18-17(15)22(13-7-3-1-4-8-13)12-23(18)14-9-5-2-6-10-14/h1-11H,12H2. The van der Waals surface area contributed by atoms with Gasteiger partial charge in [-0.1, -0.05) is 36.4 Å². The maximum absolute atomic E-state index is 14.4. The molecule has 1 aliphatic heterocycles. The Hall–Kier alpha value is -2.95. The van der Waals surface area contributed by atoms with E-state index >= 15 is 0 Å². The Kier molecular flexibility index (Phi) is 3.19. The summed E-state index contributed by atoms with van der Waals surface area (Å²) in [6, 6.07) is 19.7. The van der Waals surface area contributed by atoms with E-state index in [9.17, 15) is 8.78 Å². The largest absolute Gasteiger partial charge is 0.317 e. The lowest BCUT2D eigenvalue weighted by molar-refractivity contribution is 0.555. The van der Waals surface area contributed by atoms with E-state index in [0.29, 0.717) is 12.4 Å². The molecule has 3 aromatic rings. The lowest BCUT2D eigenvalue weighted by Crippen LogP contribution is -2.24. The number of halogens is 2. The maximum Gasteiger partial charge on any atom is 0.217 e. The molecule has 3 nitrogen and oxygen atoms in total. The van der Waals surface area contributed by atoms with E-state index < -0.39 is 11.8 Å². The molecule has 4 rings (SSSR count). The topological polar surface area (TPSA) is 19.4 Å². The second-order valence-electron chi connectivity index (χ2n) is 5.27. The molecule has 5 heteroatoms. The molecule has 0 aliphatic carbocycles. The molecule has 0 bridgehead atoms. The lowest BCUT2D eigenvalue weighted by Gasteiger charge is -2.21. The van der Waals surface area contributed by atoms with Gasteiger partial charge in [0, 0.05) is 17.4 Å². The molecule has 0 saturated carbocycles. The van der Waals surface area contributed by atoms with Gasteiger partial charge in [-0.15, -0.1) is 0 Å². The van der Waals surface area contributed by atoms with Crippen molar-refractivity contribution in [3.05, 3.63) is 78.5 Å². The van der Waals surface area contributed by atoms with Crippen LogP contribution in [0.4, 0.5) is 31.7 Å². The first-order chi connectivity index (χ1) is 11.2. The van der Waals surface area contributed by atoms with Gasteiger partial charge in [-0.05, 0) is 24.3 Å². The van der Waals surface area contributed by atoms with Crippen molar-refractivity contribution < 1.29 is 8.78 Å². The maximum atomic E-state index is 14.4. The van der Waals surface area contributed by atoms with Gasteiger partial charge in [-0.3, -0.25) is 0 Å². The molecule has 0 N–H and O–H groups in total. The number of rotatable bonds is 2. The van der Waals surface area contributed by atoms with Crippen LogP contribution in [-0.4, -0.2) is 11.7 Å². The SMILES string of the molecule is Fc1cc(F)c2c(n1)N(c1ccccc1)CN2c1ccccc1. The predicted molar refractivity (Wildman–Crippen MR) is 86.2 cm³/mol. The second-order valence-corrected chi connectivity index (χ2v) is 5.27. The Bertz CT molecular complexity index is 838. The van der Waals surface area contributed by atoms with Gasteiger partial charge >= 0.3 is 0 Å². The van der Waals surface area contributed by atoms with Gasteiger partial charge in [0.15, 0.2) is 11.6 Å². The first-order valence-corrected chi connectivity index (χ1v) is 7.25. The summed E-state index contributed by atoms with van der Waals surface area (Å²) in [6.45, 7) is 0.372. The number of hydrogen-bond acceptors (Lipinski definition) is 3. The van der Waals surface area contributed by atoms with Crippen molar-refractivity contribution in [1.82, 2.24) is 4.98 Å². The van der Waals surface area contributed by atoms with E-state index in [1.165, 1.54) is 0 Å². The Morgan fingerprint density at radius 1 is 0.783 bits per heavy atom. The number of benzene rings is 2. The van der Waals surface area contributed by atoms with Gasteiger partial charge in [0.25, 0.3) is 0 Å². The zero-order chi connectivity index (χ0) is 15.8. The summed E-state index contributed by atoms with van der Waals surface area (Å²) in [4.78, 5) is 7.52. The van der Waals surface area contributed by atoms with E-state index in [-0.39, 0.29) is 5.82 Å². The van der Waals surface area contributed by atoms with E-state index in [1.807, 2.05) is 60.7 Å². The highest BCUT2D eigenvalue weighted by Crippen LogP contribution is 2.44. The van der Waals surface area contributed by atoms with Crippen molar-refractivity contribution >= 4 is 22.9 Å². The monoisotopic (exact) mass is 309 g/mol. The van der Waals surface area contributed by atoms with Gasteiger partial charge in [0.1, 0.15) is 12.4 Å². The molecule has 0 atom stereocenters. The first-order valence-electron chi connectivity index (χ1n) is 7.25. The number of hydrogen-bond donors (Lipinski definition) is 0. The van der Waals surface area contributed by atoms with Crippen molar-refractivity contribution in [2.75, 3.05) is 16.5 Å². The molecule has 23 heavy (non-hydrogen) atoms. The fraction of sp³-hybridized carbons (Fsp3) is 0.0556. The Morgan fingerprint density at radius 2 is 1.35 bits per heavy atom. The van der Waals surface area contributed by atoms with Gasteiger partial charge in [-0.25, -0.2) is 4.39 Å². The molecule has 0 fully saturated rings. The number of aromatic nitrogens is 1. The third kappa shape index (κ3) is 2.30. The zero-order valence-electron chi connectivity index (χ0n) is 12.2. The van der Waals surface area contributed by atoms with E-state index in [4.69, 9.17) is 0 Å². The van der Waals surface area contributed by atoms with E-state index in [1.54, 1.807) is 9.80 Å². The van der Waals surface area contributed by atoms with Crippen LogP contribution in [0.2, 0.25) is 0 Å². The molecule has 1 aromatic heterocycles. The van der Waals surface area contributed by atoms with E-state index in [0.717, 1.165) is 17.4 Å². The highest BCUT2D eigenvalue weighted by Gasteiger charge is 2.33. The third-order valence-electron chi connectivity index (χ3n) is 3.84. The Labute approximate surface area is 132 Å². The van der Waals surface area contributed by atoms with Crippen LogP contribution in [0.5, 0.6) is 0 Å². The Balaban J connectivity index is 1.88. The molecule has 114 valence electrons. The molecular formula is C18H13F2N3. The average Bonchev–Trinajstić information content (AvgIpc) is 2.96. The molecule has 2 heterocycles. The number of para-hydroxylation sites is 2. The molecule has 0 saturated heterocycles. The van der Waals surface area contributed by atoms with Gasteiger partial charge in [0.05, 0.1) is 0 Å². The van der Waals surface area contributed by atoms with Crippen molar-refractivity contribution in [3.8, 4) is 0 Å². The number of pyridine rings is 1. The average molecular weight is 309 g/mol. The predicted octanol–water partition coefficient (Wildman–Crippen LogP) is 4.61. The molecule has 2 aromatic carbocycles. The van der Waals surface area contributed by atoms with Crippen molar-refractivity contribution in [1.29, 1.82) is 0 Å². The summed E-state index contributed by atoms with van der Waals surface area (Å²) in [7, 11) is 0. The minimum atomic E-state index is -0.822. The third-order valence-corrected chi connectivity index (χ3v) is 3.84. The van der Waals surface area contributed by atoms with Crippen molar-refractivity contribution in [2.24, 2.45) is 0 Å². The van der Waals surface area contributed by atoms with Crippen LogP contribution in [0.15, 0.2) is 66.7 Å². The molecule has 0 radical (unpaired) electrons. The summed E-state index contributed by atoms with van der Waals surface area (Å²) in [5.41, 5.74) is 1.96. The summed E-state index contributed by atoms with van der Waals surface area (Å²) in [6.07, 6.45) is 0. The van der Waals surface area contributed by atoms with Gasteiger partial charge < -0.3 is 9.80 Å². The second kappa shape index (κ2) is 5.35. The highest BCUT2D eigenvalue weighted by atomic mass is 19.1. The summed E-state index contributed by atoms with van der Waals surface area (Å²) in [5.74, 6) is -1.15. The smallest absolute Gasteiger partial charge is 0.217 e. The molecule has 0 amide bonds. The van der Waals surface area contributed by atoms with Crippen LogP contribution in [0.1, 0.15) is 0 Å². The van der Waals surface area contributed by atoms with Crippen LogP contribution in [0.3, 0.4) is 0 Å². The minimum absolute atomic E-state index is 0.289. The number of anilines is 4. The normalized spacial score (nSPS) is 13.3. The quantitative estimate of drug-likeness (QED) is 0.645. The molecule has 1 aliphatic rings. The van der Waals surface area contributed by atoms with Crippen molar-refractivity contribution in [3.63, 3.8) is 0 Å². The fourth-order valence-electron chi connectivity index (χ4n) is 2.81. The van der Waals surface area contributed by atoms with Crippen LogP contribution in [-0.2, 0) is 0 Å². The van der Waals surface area contributed by atoms with Gasteiger partial charge in [-0.2, -0.15) is 9.37 Å². The van der Waals surface area contributed by atoms with Crippen LogP contribution < -0.4 is 9.80 Å². The lowest BCUT2D eigenvalue weighted by atomic mass is 10.2. The van der Waals surface area contributed by atoms with Crippen LogP contribution >= 0.6 is 0 Å². The Morgan fingerprint density at radius 3 is 1.96 bits per heavy atom. The molecular weight excluding hydrogens is 296 g/mol. The summed E-state index contributed by atoms with van der Waals surface area (Å²) >= 11 is 0. The summed E-state index contributed by atoms with van der Waals surface area (Å²) < 4.78 is 28.1. The molecule has 0 unspecified atom stereocenters. The minimum Gasteiger partial charge on any atom is -0.317 e. The number of nitrogens with zero attached hydrogens (tertiary/aromatic N) is 3. The zero-order valence-corrected chi connectivity index (χ0v) is 12.2. The summed E-state index contributed by atoms with van der Waals surface area (Å²) in [5, 5.41) is 0. The van der Waals surface area contributed by atoms with Crippen molar-refractivity contribution in [2.45, 2.75) is 0 Å². The highest BCUT2D eigenvalue weighted by molar-refractivity contribution is 5.84. The number of fused-ring (bicyclic) bond motifs is 1. The fourth-order valence-corrected chi connectivity index (χ4v) is 2.81. The van der Waals surface area contributed by atoms with Crippen LogP contribution in [0, 0.1) is 11.8 Å².